The fourth-order valence-electron chi connectivity index (χ4n) is 4.25. The molecule has 1 amide bonds. The Hall–Kier alpha value is -4.10. The van der Waals surface area contributed by atoms with E-state index in [2.05, 4.69) is 35.1 Å². The normalized spacial score (nSPS) is 11.5. The molecule has 1 atom stereocenters. The molecule has 0 saturated heterocycles. The van der Waals surface area contributed by atoms with Crippen molar-refractivity contribution in [3.63, 3.8) is 0 Å². The number of halogens is 1. The molecule has 0 spiro atoms. The number of rotatable bonds is 12. The monoisotopic (exact) mass is 615 g/mol. The summed E-state index contributed by atoms with van der Waals surface area (Å²) < 4.78 is 17.8. The van der Waals surface area contributed by atoms with Crippen LogP contribution in [0.25, 0.3) is 11.1 Å². The van der Waals surface area contributed by atoms with Crippen molar-refractivity contribution in [2.24, 2.45) is 5.92 Å². The maximum Gasteiger partial charge on any atom is 0.328 e. The van der Waals surface area contributed by atoms with E-state index in [9.17, 15) is 9.59 Å². The molecule has 0 saturated carbocycles. The zero-order chi connectivity index (χ0) is 29.2. The van der Waals surface area contributed by atoms with Crippen LogP contribution in [0.15, 0.2) is 102 Å². The van der Waals surface area contributed by atoms with Crippen molar-refractivity contribution in [3.05, 3.63) is 113 Å². The van der Waals surface area contributed by atoms with Gasteiger partial charge in [-0.05, 0) is 59.9 Å². The van der Waals surface area contributed by atoms with Gasteiger partial charge in [-0.15, -0.1) is 0 Å². The molecule has 4 rings (SSSR count). The summed E-state index contributed by atoms with van der Waals surface area (Å²) in [5.74, 6) is 1.50. The second-order valence-electron chi connectivity index (χ2n) is 10.0. The standard InChI is InChI=1S/C34H34BrNO5/c1-23(2)19-20-40-31-18-17-26(35)22-29(31)33(37)36-30(34(38)39-3)21-24-13-15-25(16-14-24)28-11-7-8-12-32(28)41-27-9-5-4-6-10-27/h4-18,22-23,30H,19-21H2,1-3H3,(H,36,37)/t30-/m0/s1. The Morgan fingerprint density at radius 2 is 1.56 bits per heavy atom. The molecule has 4 aromatic rings. The van der Waals surface area contributed by atoms with Gasteiger partial charge >= 0.3 is 5.97 Å². The van der Waals surface area contributed by atoms with Gasteiger partial charge < -0.3 is 19.5 Å². The molecular formula is C34H34BrNO5. The molecule has 4 aromatic carbocycles. The Morgan fingerprint density at radius 1 is 0.854 bits per heavy atom. The predicted octanol–water partition coefficient (Wildman–Crippen LogP) is 7.85. The van der Waals surface area contributed by atoms with E-state index in [0.717, 1.165) is 39.1 Å². The number of hydrogen-bond acceptors (Lipinski definition) is 5. The summed E-state index contributed by atoms with van der Waals surface area (Å²) in [5.41, 5.74) is 3.13. The van der Waals surface area contributed by atoms with Crippen molar-refractivity contribution in [1.82, 2.24) is 5.32 Å². The smallest absolute Gasteiger partial charge is 0.328 e. The summed E-state index contributed by atoms with van der Waals surface area (Å²) >= 11 is 3.43. The first-order chi connectivity index (χ1) is 19.8. The SMILES string of the molecule is COC(=O)[C@H](Cc1ccc(-c2ccccc2Oc2ccccc2)cc1)NC(=O)c1cc(Br)ccc1OCCC(C)C. The first kappa shape index (κ1) is 29.9. The number of nitrogens with one attached hydrogen (secondary N) is 1. The molecule has 0 fully saturated rings. The molecule has 0 unspecified atom stereocenters. The lowest BCUT2D eigenvalue weighted by Crippen LogP contribution is -2.43. The van der Waals surface area contributed by atoms with Gasteiger partial charge in [-0.25, -0.2) is 4.79 Å². The number of hydrogen-bond donors (Lipinski definition) is 1. The van der Waals surface area contributed by atoms with Gasteiger partial charge in [0.2, 0.25) is 0 Å². The second-order valence-corrected chi connectivity index (χ2v) is 10.9. The van der Waals surface area contributed by atoms with Crippen LogP contribution in [0.5, 0.6) is 17.2 Å². The number of ether oxygens (including phenoxy) is 3. The van der Waals surface area contributed by atoms with Gasteiger partial charge in [-0.3, -0.25) is 4.79 Å². The van der Waals surface area contributed by atoms with Crippen LogP contribution in [0.1, 0.15) is 36.2 Å². The second kappa shape index (κ2) is 14.5. The van der Waals surface area contributed by atoms with Crippen LogP contribution in [-0.2, 0) is 16.0 Å². The highest BCUT2D eigenvalue weighted by Gasteiger charge is 2.24. The number of carbonyl (C=O) groups is 2. The van der Waals surface area contributed by atoms with Crippen LogP contribution in [0.2, 0.25) is 0 Å². The van der Waals surface area contributed by atoms with Gasteiger partial charge in [0.05, 0.1) is 19.3 Å². The van der Waals surface area contributed by atoms with Gasteiger partial charge in [0.15, 0.2) is 0 Å². The molecule has 0 aliphatic heterocycles. The third-order valence-corrected chi connectivity index (χ3v) is 6.99. The van der Waals surface area contributed by atoms with Crippen molar-refractivity contribution >= 4 is 27.8 Å². The van der Waals surface area contributed by atoms with Crippen LogP contribution < -0.4 is 14.8 Å². The number of methoxy groups -OCH3 is 1. The fourth-order valence-corrected chi connectivity index (χ4v) is 4.61. The van der Waals surface area contributed by atoms with Crippen LogP contribution in [0.4, 0.5) is 0 Å². The molecule has 0 aromatic heterocycles. The summed E-state index contributed by atoms with van der Waals surface area (Å²) in [6.45, 7) is 4.72. The first-order valence-corrected chi connectivity index (χ1v) is 14.4. The third kappa shape index (κ3) is 8.44. The van der Waals surface area contributed by atoms with E-state index in [1.165, 1.54) is 7.11 Å². The van der Waals surface area contributed by atoms with E-state index in [1.54, 1.807) is 12.1 Å². The Morgan fingerprint density at radius 3 is 2.27 bits per heavy atom. The summed E-state index contributed by atoms with van der Waals surface area (Å²) in [5, 5.41) is 2.85. The fraction of sp³-hybridized carbons (Fsp3) is 0.235. The van der Waals surface area contributed by atoms with Crippen LogP contribution in [0.3, 0.4) is 0 Å². The minimum absolute atomic E-state index is 0.262. The zero-order valence-electron chi connectivity index (χ0n) is 23.4. The highest BCUT2D eigenvalue weighted by atomic mass is 79.9. The van der Waals surface area contributed by atoms with Gasteiger partial charge in [-0.2, -0.15) is 0 Å². The van der Waals surface area contributed by atoms with Crippen LogP contribution >= 0.6 is 15.9 Å². The largest absolute Gasteiger partial charge is 0.493 e. The minimum atomic E-state index is -0.880. The Balaban J connectivity index is 1.50. The van der Waals surface area contributed by atoms with Crippen molar-refractivity contribution in [2.75, 3.05) is 13.7 Å². The van der Waals surface area contributed by atoms with E-state index in [0.29, 0.717) is 23.8 Å². The van der Waals surface area contributed by atoms with Crippen molar-refractivity contribution < 1.29 is 23.8 Å². The summed E-state index contributed by atoms with van der Waals surface area (Å²) in [6, 6.07) is 29.7. The maximum atomic E-state index is 13.3. The van der Waals surface area contributed by atoms with Crippen LogP contribution in [0, 0.1) is 5.92 Å². The molecule has 0 aliphatic rings. The lowest BCUT2D eigenvalue weighted by atomic mass is 9.99. The number of esters is 1. The number of carbonyl (C=O) groups excluding carboxylic acids is 2. The Bertz CT molecular complexity index is 1450. The summed E-state index contributed by atoms with van der Waals surface area (Å²) in [6.07, 6.45) is 1.12. The molecule has 7 heteroatoms. The highest BCUT2D eigenvalue weighted by Crippen LogP contribution is 2.33. The Kier molecular flexibility index (Phi) is 10.6. The summed E-state index contributed by atoms with van der Waals surface area (Å²) in [7, 11) is 1.31. The average molecular weight is 617 g/mol. The number of amides is 1. The lowest BCUT2D eigenvalue weighted by Gasteiger charge is -2.19. The molecule has 0 radical (unpaired) electrons. The molecule has 0 aliphatic carbocycles. The van der Waals surface area contributed by atoms with Crippen LogP contribution in [-0.4, -0.2) is 31.6 Å². The number of benzene rings is 4. The minimum Gasteiger partial charge on any atom is -0.493 e. The summed E-state index contributed by atoms with van der Waals surface area (Å²) in [4.78, 5) is 26.0. The van der Waals surface area contributed by atoms with Crippen molar-refractivity contribution in [3.8, 4) is 28.4 Å². The van der Waals surface area contributed by atoms with Crippen molar-refractivity contribution in [1.29, 1.82) is 0 Å². The quantitative estimate of drug-likeness (QED) is 0.164. The zero-order valence-corrected chi connectivity index (χ0v) is 25.0. The van der Waals surface area contributed by atoms with Gasteiger partial charge in [0.25, 0.3) is 5.91 Å². The maximum absolute atomic E-state index is 13.3. The lowest BCUT2D eigenvalue weighted by molar-refractivity contribution is -0.142. The van der Waals surface area contributed by atoms with E-state index in [-0.39, 0.29) is 6.42 Å². The Labute approximate surface area is 249 Å². The molecule has 6 nitrogen and oxygen atoms in total. The van der Waals surface area contributed by atoms with E-state index >= 15 is 0 Å². The van der Waals surface area contributed by atoms with Gasteiger partial charge in [0.1, 0.15) is 23.3 Å². The third-order valence-electron chi connectivity index (χ3n) is 6.49. The molecule has 1 N–H and O–H groups in total. The topological polar surface area (TPSA) is 73.9 Å². The molecule has 0 bridgehead atoms. The predicted molar refractivity (Wildman–Crippen MR) is 164 cm³/mol. The highest BCUT2D eigenvalue weighted by molar-refractivity contribution is 9.10. The van der Waals surface area contributed by atoms with E-state index in [4.69, 9.17) is 14.2 Å². The van der Waals surface area contributed by atoms with E-state index in [1.807, 2.05) is 84.9 Å². The molecule has 212 valence electrons. The van der Waals surface area contributed by atoms with Crippen molar-refractivity contribution in [2.45, 2.75) is 32.7 Å². The molecule has 41 heavy (non-hydrogen) atoms. The van der Waals surface area contributed by atoms with E-state index < -0.39 is 17.9 Å². The molecular weight excluding hydrogens is 582 g/mol. The van der Waals surface area contributed by atoms with Gasteiger partial charge in [0, 0.05) is 16.5 Å². The number of para-hydroxylation sites is 2. The molecule has 0 heterocycles. The first-order valence-electron chi connectivity index (χ1n) is 13.6. The van der Waals surface area contributed by atoms with Gasteiger partial charge in [-0.1, -0.05) is 90.4 Å². The average Bonchev–Trinajstić information content (AvgIpc) is 2.98.